The van der Waals surface area contributed by atoms with Crippen molar-refractivity contribution in [1.82, 2.24) is 0 Å². The lowest BCUT2D eigenvalue weighted by Gasteiger charge is -2.28. The van der Waals surface area contributed by atoms with Crippen molar-refractivity contribution in [3.05, 3.63) is 63.1 Å². The van der Waals surface area contributed by atoms with Crippen molar-refractivity contribution < 1.29 is 23.4 Å². The van der Waals surface area contributed by atoms with Crippen molar-refractivity contribution in [2.24, 2.45) is 0 Å². The minimum Gasteiger partial charge on any atom is -0.546 e. The van der Waals surface area contributed by atoms with Crippen molar-refractivity contribution in [2.75, 3.05) is 0 Å². The summed E-state index contributed by atoms with van der Waals surface area (Å²) in [6.45, 7) is 2.62. The number of rotatable bonds is 5. The van der Waals surface area contributed by atoms with E-state index in [1.54, 1.807) is 0 Å². The third kappa shape index (κ3) is 3.87. The number of aliphatic carboxylic acids is 1. The van der Waals surface area contributed by atoms with Crippen LogP contribution in [0.2, 0.25) is 5.02 Å². The molecule has 0 saturated carbocycles. The maximum absolute atomic E-state index is 14.6. The molecule has 0 atom stereocenters. The zero-order chi connectivity index (χ0) is 18.1. The highest BCUT2D eigenvalue weighted by Gasteiger charge is 2.34. The van der Waals surface area contributed by atoms with Gasteiger partial charge < -0.3 is 14.6 Å². The summed E-state index contributed by atoms with van der Waals surface area (Å²) in [5.41, 5.74) is -2.07. The topological polar surface area (TPSA) is 49.4 Å². The van der Waals surface area contributed by atoms with Gasteiger partial charge in [-0.1, -0.05) is 23.7 Å². The Morgan fingerprint density at radius 3 is 2.17 bits per heavy atom. The van der Waals surface area contributed by atoms with Crippen molar-refractivity contribution >= 4 is 33.5 Å². The monoisotopic (exact) mass is 417 g/mol. The van der Waals surface area contributed by atoms with Crippen LogP contribution >= 0.6 is 27.5 Å². The van der Waals surface area contributed by atoms with Crippen molar-refractivity contribution in [3.63, 3.8) is 0 Å². The Morgan fingerprint density at radius 1 is 1.12 bits per heavy atom. The molecule has 0 bridgehead atoms. The minimum atomic E-state index is -3.24. The number of alkyl halides is 2. The lowest BCUT2D eigenvalue weighted by Crippen LogP contribution is -2.48. The van der Waals surface area contributed by atoms with Gasteiger partial charge in [0.25, 0.3) is 5.92 Å². The zero-order valence-corrected chi connectivity index (χ0v) is 15.1. The van der Waals surface area contributed by atoms with Crippen LogP contribution in [0.1, 0.15) is 25.0 Å². The maximum Gasteiger partial charge on any atom is 0.298 e. The number of hydrogen-bond acceptors (Lipinski definition) is 3. The van der Waals surface area contributed by atoms with Crippen LogP contribution in [0.3, 0.4) is 0 Å². The van der Waals surface area contributed by atoms with Crippen LogP contribution in [0.25, 0.3) is 0 Å². The van der Waals surface area contributed by atoms with Crippen LogP contribution in [-0.2, 0) is 10.7 Å². The van der Waals surface area contributed by atoms with Crippen LogP contribution in [0.4, 0.5) is 8.78 Å². The summed E-state index contributed by atoms with van der Waals surface area (Å²) < 4.78 is 34.7. The molecule has 0 fully saturated rings. The van der Waals surface area contributed by atoms with Gasteiger partial charge in [0.1, 0.15) is 11.4 Å². The Balaban J connectivity index is 2.35. The highest BCUT2D eigenvalue weighted by molar-refractivity contribution is 9.10. The fourth-order valence-corrected chi connectivity index (χ4v) is 2.51. The van der Waals surface area contributed by atoms with E-state index in [1.807, 2.05) is 0 Å². The first-order valence-electron chi connectivity index (χ1n) is 6.88. The van der Waals surface area contributed by atoms with E-state index in [1.165, 1.54) is 56.3 Å². The smallest absolute Gasteiger partial charge is 0.298 e. The van der Waals surface area contributed by atoms with Gasteiger partial charge in [-0.15, -0.1) is 0 Å². The molecule has 3 nitrogen and oxygen atoms in total. The third-order valence-corrected chi connectivity index (χ3v) is 4.23. The summed E-state index contributed by atoms with van der Waals surface area (Å²) in [5.74, 6) is -4.53. The predicted molar refractivity (Wildman–Crippen MR) is 88.3 cm³/mol. The molecule has 2 aromatic rings. The summed E-state index contributed by atoms with van der Waals surface area (Å²) in [7, 11) is 0. The van der Waals surface area contributed by atoms with Crippen molar-refractivity contribution in [1.29, 1.82) is 0 Å². The van der Waals surface area contributed by atoms with Crippen molar-refractivity contribution in [3.8, 4) is 5.75 Å². The van der Waals surface area contributed by atoms with E-state index >= 15 is 0 Å². The van der Waals surface area contributed by atoms with Gasteiger partial charge in [-0.25, -0.2) is 0 Å². The third-order valence-electron chi connectivity index (χ3n) is 3.36. The average Bonchev–Trinajstić information content (AvgIpc) is 2.49. The quantitative estimate of drug-likeness (QED) is 0.733. The molecule has 24 heavy (non-hydrogen) atoms. The Bertz CT molecular complexity index is 761. The first-order chi connectivity index (χ1) is 11.0. The van der Waals surface area contributed by atoms with Gasteiger partial charge in [-0.2, -0.15) is 8.78 Å². The minimum absolute atomic E-state index is 0.125. The first kappa shape index (κ1) is 18.7. The second-order valence-electron chi connectivity index (χ2n) is 5.63. The van der Waals surface area contributed by atoms with E-state index in [0.29, 0.717) is 5.02 Å². The molecule has 0 radical (unpaired) electrons. The lowest BCUT2D eigenvalue weighted by molar-refractivity contribution is -0.320. The molecular formula is C17H13BrClF2O3-. The zero-order valence-electron chi connectivity index (χ0n) is 12.8. The van der Waals surface area contributed by atoms with E-state index in [-0.39, 0.29) is 21.3 Å². The number of carboxylic acids is 1. The molecule has 2 aromatic carbocycles. The molecule has 0 saturated heterocycles. The van der Waals surface area contributed by atoms with Crippen LogP contribution in [-0.4, -0.2) is 11.6 Å². The molecule has 7 heteroatoms. The summed E-state index contributed by atoms with van der Waals surface area (Å²) >= 11 is 8.85. The molecule has 0 amide bonds. The summed E-state index contributed by atoms with van der Waals surface area (Å²) in [4.78, 5) is 11.0. The van der Waals surface area contributed by atoms with E-state index in [0.717, 1.165) is 0 Å². The van der Waals surface area contributed by atoms with E-state index in [9.17, 15) is 18.7 Å². The number of ether oxygens (including phenoxy) is 1. The van der Waals surface area contributed by atoms with Gasteiger partial charge in [-0.05, 0) is 60.1 Å². The first-order valence-corrected chi connectivity index (χ1v) is 8.05. The maximum atomic E-state index is 14.6. The van der Waals surface area contributed by atoms with Crippen molar-refractivity contribution in [2.45, 2.75) is 25.4 Å². The van der Waals surface area contributed by atoms with Crippen LogP contribution in [0.5, 0.6) is 5.75 Å². The highest BCUT2D eigenvalue weighted by atomic mass is 79.9. The second kappa shape index (κ2) is 6.69. The molecule has 0 N–H and O–H groups in total. The predicted octanol–water partition coefficient (Wildman–Crippen LogP) is 4.15. The summed E-state index contributed by atoms with van der Waals surface area (Å²) in [6, 6.07) is 8.93. The molecule has 0 spiro atoms. The number of halogens is 4. The summed E-state index contributed by atoms with van der Waals surface area (Å²) in [6.07, 6.45) is 0. The van der Waals surface area contributed by atoms with Gasteiger partial charge in [0.2, 0.25) is 0 Å². The molecule has 0 aliphatic rings. The highest BCUT2D eigenvalue weighted by Crippen LogP contribution is 2.39. The SMILES string of the molecule is CC(C)(Oc1ccc(C(F)(F)c2ccc(Cl)cc2)cc1Br)C(=O)[O-]. The number of hydrogen-bond donors (Lipinski definition) is 0. The Morgan fingerprint density at radius 2 is 1.67 bits per heavy atom. The number of carbonyl (C=O) groups excluding carboxylic acids is 1. The van der Waals surface area contributed by atoms with Crippen LogP contribution in [0, 0.1) is 0 Å². The number of carboxylic acid groups (broad SMARTS) is 1. The summed E-state index contributed by atoms with van der Waals surface area (Å²) in [5, 5.41) is 11.4. The van der Waals surface area contributed by atoms with E-state index < -0.39 is 17.5 Å². The lowest BCUT2D eigenvalue weighted by atomic mass is 10.0. The van der Waals surface area contributed by atoms with Gasteiger partial charge in [0.15, 0.2) is 0 Å². The van der Waals surface area contributed by atoms with Gasteiger partial charge in [-0.3, -0.25) is 0 Å². The standard InChI is InChI=1S/C17H14BrClF2O3/c1-16(2,15(22)23)24-14-8-5-11(9-13(14)18)17(20,21)10-3-6-12(19)7-4-10/h3-9H,1-2H3,(H,22,23)/p-1. The molecular weight excluding hydrogens is 406 g/mol. The molecule has 0 aliphatic carbocycles. The van der Waals surface area contributed by atoms with Gasteiger partial charge >= 0.3 is 0 Å². The van der Waals surface area contributed by atoms with Gasteiger partial charge in [0, 0.05) is 16.1 Å². The Kier molecular flexibility index (Phi) is 5.20. The molecule has 0 unspecified atom stereocenters. The molecule has 0 heterocycles. The Labute approximate surface area is 151 Å². The number of benzene rings is 2. The van der Waals surface area contributed by atoms with Gasteiger partial charge in [0.05, 0.1) is 10.4 Å². The molecule has 0 aromatic heterocycles. The largest absolute Gasteiger partial charge is 0.546 e. The number of carbonyl (C=O) groups is 1. The molecule has 2 rings (SSSR count). The van der Waals surface area contributed by atoms with Crippen LogP contribution < -0.4 is 9.84 Å². The average molecular weight is 419 g/mol. The molecule has 0 aliphatic heterocycles. The van der Waals surface area contributed by atoms with Crippen LogP contribution in [0.15, 0.2) is 46.9 Å². The second-order valence-corrected chi connectivity index (χ2v) is 6.92. The normalized spacial score (nSPS) is 12.1. The fraction of sp³-hybridized carbons (Fsp3) is 0.235. The molecule has 128 valence electrons. The van der Waals surface area contributed by atoms with E-state index in [2.05, 4.69) is 15.9 Å². The fourth-order valence-electron chi connectivity index (χ4n) is 1.92. The Hall–Kier alpha value is -1.66. The van der Waals surface area contributed by atoms with E-state index in [4.69, 9.17) is 16.3 Å².